The first-order valence-electron chi connectivity index (χ1n) is 6.03. The predicted octanol–water partition coefficient (Wildman–Crippen LogP) is 2.90. The zero-order chi connectivity index (χ0) is 15.0. The smallest absolute Gasteiger partial charge is 0.339 e. The molecule has 1 aromatic carbocycles. The van der Waals surface area contributed by atoms with E-state index in [-0.39, 0.29) is 15.9 Å². The van der Waals surface area contributed by atoms with Crippen molar-refractivity contribution >= 4 is 39.7 Å². The van der Waals surface area contributed by atoms with Gasteiger partial charge in [0.2, 0.25) is 0 Å². The summed E-state index contributed by atoms with van der Waals surface area (Å²) in [7, 11) is 1.30. The van der Waals surface area contributed by atoms with Crippen LogP contribution in [-0.2, 0) is 4.74 Å². The fourth-order valence-corrected chi connectivity index (χ4v) is 3.18. The quantitative estimate of drug-likeness (QED) is 0.583. The van der Waals surface area contributed by atoms with Crippen LogP contribution in [0.5, 0.6) is 0 Å². The molecule has 5 nitrogen and oxygen atoms in total. The molecular weight excluding hydrogens is 308 g/mol. The average Bonchev–Trinajstić information content (AvgIpc) is 2.95. The van der Waals surface area contributed by atoms with Crippen molar-refractivity contribution < 1.29 is 9.53 Å². The van der Waals surface area contributed by atoms with Crippen molar-refractivity contribution in [2.45, 2.75) is 0 Å². The topological polar surface area (TPSA) is 64.1 Å². The van der Waals surface area contributed by atoms with Crippen LogP contribution < -0.4 is 5.56 Å². The van der Waals surface area contributed by atoms with Gasteiger partial charge in [-0.25, -0.2) is 4.79 Å². The Morgan fingerprint density at radius 1 is 1.33 bits per heavy atom. The van der Waals surface area contributed by atoms with E-state index >= 15 is 0 Å². The number of carbonyl (C=O) groups is 1. The lowest BCUT2D eigenvalue weighted by Crippen LogP contribution is -2.22. The van der Waals surface area contributed by atoms with Crippen LogP contribution in [0.4, 0.5) is 0 Å². The molecule has 0 saturated heterocycles. The number of aromatic nitrogens is 2. The van der Waals surface area contributed by atoms with Gasteiger partial charge in [-0.05, 0) is 35.8 Å². The van der Waals surface area contributed by atoms with Crippen molar-refractivity contribution in [2.24, 2.45) is 0 Å². The third-order valence-electron chi connectivity index (χ3n) is 3.06. The van der Waals surface area contributed by atoms with Crippen molar-refractivity contribution in [3.8, 4) is 5.69 Å². The maximum atomic E-state index is 12.6. The summed E-state index contributed by atoms with van der Waals surface area (Å²) in [5.74, 6) is -0.516. The Kier molecular flexibility index (Phi) is 3.44. The van der Waals surface area contributed by atoms with E-state index in [0.29, 0.717) is 15.9 Å². The second-order valence-electron chi connectivity index (χ2n) is 4.24. The minimum Gasteiger partial charge on any atom is -0.465 e. The van der Waals surface area contributed by atoms with Gasteiger partial charge < -0.3 is 9.72 Å². The molecule has 106 valence electrons. The maximum absolute atomic E-state index is 12.6. The number of H-pyrrole nitrogens is 1. The van der Waals surface area contributed by atoms with Crippen molar-refractivity contribution in [1.82, 2.24) is 9.55 Å². The lowest BCUT2D eigenvalue weighted by Gasteiger charge is -2.10. The molecular formula is C14H10N2O3S2. The first-order chi connectivity index (χ1) is 10.1. The number of rotatable bonds is 2. The number of benzene rings is 1. The van der Waals surface area contributed by atoms with Crippen LogP contribution in [0.3, 0.4) is 0 Å². The van der Waals surface area contributed by atoms with Crippen LogP contribution in [0.1, 0.15) is 10.4 Å². The standard InChI is InChI=1S/C14H10N2O3S2/c1-19-13(18)8-4-2-3-5-10(8)16-12(17)11-9(6-7-21-11)15-14(16)20/h2-7H,1H3,(H,15,20). The van der Waals surface area contributed by atoms with Crippen molar-refractivity contribution in [1.29, 1.82) is 0 Å². The van der Waals surface area contributed by atoms with Gasteiger partial charge in [-0.15, -0.1) is 11.3 Å². The number of ether oxygens (including phenoxy) is 1. The molecule has 3 aromatic rings. The fourth-order valence-electron chi connectivity index (χ4n) is 2.11. The molecule has 2 aromatic heterocycles. The summed E-state index contributed by atoms with van der Waals surface area (Å²) in [4.78, 5) is 27.5. The van der Waals surface area contributed by atoms with Gasteiger partial charge in [-0.1, -0.05) is 12.1 Å². The Labute approximate surface area is 128 Å². The molecule has 0 aliphatic carbocycles. The molecule has 0 atom stereocenters. The Bertz CT molecular complexity index is 952. The molecule has 0 saturated carbocycles. The summed E-state index contributed by atoms with van der Waals surface area (Å²) in [5.41, 5.74) is 1.14. The zero-order valence-electron chi connectivity index (χ0n) is 11.0. The summed E-state index contributed by atoms with van der Waals surface area (Å²) in [6, 6.07) is 8.50. The number of para-hydroxylation sites is 1. The molecule has 0 radical (unpaired) electrons. The number of carbonyl (C=O) groups excluding carboxylic acids is 1. The monoisotopic (exact) mass is 318 g/mol. The highest BCUT2D eigenvalue weighted by atomic mass is 32.1. The van der Waals surface area contributed by atoms with Crippen LogP contribution in [0.25, 0.3) is 15.9 Å². The Morgan fingerprint density at radius 2 is 2.10 bits per heavy atom. The van der Waals surface area contributed by atoms with Crippen LogP contribution in [0, 0.1) is 4.77 Å². The highest BCUT2D eigenvalue weighted by Crippen LogP contribution is 2.18. The first kappa shape index (κ1) is 13.7. The minimum atomic E-state index is -0.516. The van der Waals surface area contributed by atoms with E-state index in [1.807, 2.05) is 5.38 Å². The minimum absolute atomic E-state index is 0.238. The number of esters is 1. The van der Waals surface area contributed by atoms with Gasteiger partial charge >= 0.3 is 5.97 Å². The van der Waals surface area contributed by atoms with Gasteiger partial charge in [0.1, 0.15) is 4.70 Å². The summed E-state index contributed by atoms with van der Waals surface area (Å²) in [6.45, 7) is 0. The number of methoxy groups -OCH3 is 1. The largest absolute Gasteiger partial charge is 0.465 e. The van der Waals surface area contributed by atoms with Crippen LogP contribution in [0.2, 0.25) is 0 Å². The molecule has 21 heavy (non-hydrogen) atoms. The van der Waals surface area contributed by atoms with Gasteiger partial charge in [0.15, 0.2) is 4.77 Å². The molecule has 0 aliphatic heterocycles. The first-order valence-corrected chi connectivity index (χ1v) is 7.32. The fraction of sp³-hybridized carbons (Fsp3) is 0.0714. The molecule has 2 heterocycles. The molecule has 0 aliphatic rings. The average molecular weight is 318 g/mol. The number of nitrogens with zero attached hydrogens (tertiary/aromatic N) is 1. The summed E-state index contributed by atoms with van der Waals surface area (Å²) >= 11 is 6.58. The number of thiophene rings is 1. The molecule has 0 fully saturated rings. The number of nitrogens with one attached hydrogen (secondary N) is 1. The Hall–Kier alpha value is -2.25. The molecule has 0 unspecified atom stereocenters. The second-order valence-corrected chi connectivity index (χ2v) is 5.55. The van der Waals surface area contributed by atoms with Crippen molar-refractivity contribution in [3.63, 3.8) is 0 Å². The highest BCUT2D eigenvalue weighted by Gasteiger charge is 2.16. The summed E-state index contributed by atoms with van der Waals surface area (Å²) in [5, 5.41) is 1.81. The highest BCUT2D eigenvalue weighted by molar-refractivity contribution is 7.71. The summed E-state index contributed by atoms with van der Waals surface area (Å²) < 4.78 is 6.87. The molecule has 0 amide bonds. The number of hydrogen-bond acceptors (Lipinski definition) is 5. The van der Waals surface area contributed by atoms with E-state index in [2.05, 4.69) is 4.98 Å². The number of aromatic amines is 1. The molecule has 3 rings (SSSR count). The number of fused-ring (bicyclic) bond motifs is 1. The Balaban J connectivity index is 2.39. The van der Waals surface area contributed by atoms with Gasteiger partial charge in [0.05, 0.1) is 23.9 Å². The second kappa shape index (κ2) is 5.27. The van der Waals surface area contributed by atoms with Crippen LogP contribution >= 0.6 is 23.6 Å². The lowest BCUT2D eigenvalue weighted by atomic mass is 10.2. The summed E-state index contributed by atoms with van der Waals surface area (Å²) in [6.07, 6.45) is 0. The van der Waals surface area contributed by atoms with Crippen molar-refractivity contribution in [2.75, 3.05) is 7.11 Å². The maximum Gasteiger partial charge on any atom is 0.339 e. The van der Waals surface area contributed by atoms with E-state index in [1.165, 1.54) is 23.0 Å². The van der Waals surface area contributed by atoms with Gasteiger partial charge in [-0.2, -0.15) is 0 Å². The van der Waals surface area contributed by atoms with Crippen molar-refractivity contribution in [3.05, 3.63) is 56.4 Å². The van der Waals surface area contributed by atoms with E-state index in [9.17, 15) is 9.59 Å². The molecule has 7 heteroatoms. The molecule has 1 N–H and O–H groups in total. The molecule has 0 spiro atoms. The third kappa shape index (κ3) is 2.20. The molecule has 0 bridgehead atoms. The van der Waals surface area contributed by atoms with Crippen LogP contribution in [-0.4, -0.2) is 22.6 Å². The predicted molar refractivity (Wildman–Crippen MR) is 83.9 cm³/mol. The van der Waals surface area contributed by atoms with Gasteiger partial charge in [-0.3, -0.25) is 9.36 Å². The zero-order valence-corrected chi connectivity index (χ0v) is 12.6. The van der Waals surface area contributed by atoms with Gasteiger partial charge in [0, 0.05) is 0 Å². The van der Waals surface area contributed by atoms with E-state index < -0.39 is 5.97 Å². The van der Waals surface area contributed by atoms with E-state index in [4.69, 9.17) is 17.0 Å². The third-order valence-corrected chi connectivity index (χ3v) is 4.24. The Morgan fingerprint density at radius 3 is 2.86 bits per heavy atom. The van der Waals surface area contributed by atoms with Crippen LogP contribution in [0.15, 0.2) is 40.5 Å². The SMILES string of the molecule is COC(=O)c1ccccc1-n1c(=S)[nH]c2ccsc2c1=O. The van der Waals surface area contributed by atoms with Gasteiger partial charge in [0.25, 0.3) is 5.56 Å². The number of hydrogen-bond donors (Lipinski definition) is 1. The normalized spacial score (nSPS) is 10.7. The lowest BCUT2D eigenvalue weighted by molar-refractivity contribution is 0.0600. The van der Waals surface area contributed by atoms with E-state index in [1.54, 1.807) is 30.3 Å². The van der Waals surface area contributed by atoms with E-state index in [0.717, 1.165) is 0 Å².